The van der Waals surface area contributed by atoms with E-state index in [0.717, 1.165) is 37.2 Å². The van der Waals surface area contributed by atoms with Gasteiger partial charge in [0.25, 0.3) is 0 Å². The first-order valence-electron chi connectivity index (χ1n) is 8.30. The van der Waals surface area contributed by atoms with Crippen molar-refractivity contribution in [1.29, 1.82) is 0 Å². The Bertz CT molecular complexity index is 606. The van der Waals surface area contributed by atoms with Crippen molar-refractivity contribution in [2.45, 2.75) is 20.3 Å². The molecule has 2 aromatic rings. The monoisotopic (exact) mass is 311 g/mol. The van der Waals surface area contributed by atoms with Crippen molar-refractivity contribution in [3.8, 4) is 11.1 Å². The van der Waals surface area contributed by atoms with Crippen molar-refractivity contribution in [3.05, 3.63) is 60.2 Å². The summed E-state index contributed by atoms with van der Waals surface area (Å²) in [7, 11) is 0. The van der Waals surface area contributed by atoms with Gasteiger partial charge in [-0.1, -0.05) is 62.4 Å². The minimum Gasteiger partial charge on any atom is -0.462 e. The summed E-state index contributed by atoms with van der Waals surface area (Å²) in [5, 5.41) is 0. The minimum atomic E-state index is -0.246. The molecule has 0 N–H and O–H groups in total. The summed E-state index contributed by atoms with van der Waals surface area (Å²) >= 11 is 0. The first-order valence-corrected chi connectivity index (χ1v) is 8.30. The molecule has 0 aliphatic heterocycles. The van der Waals surface area contributed by atoms with Gasteiger partial charge >= 0.3 is 5.97 Å². The Morgan fingerprint density at radius 2 is 1.61 bits per heavy atom. The van der Waals surface area contributed by atoms with E-state index in [0.29, 0.717) is 12.2 Å². The van der Waals surface area contributed by atoms with Gasteiger partial charge in [-0.2, -0.15) is 0 Å². The molecule has 0 atom stereocenters. The topological polar surface area (TPSA) is 29.5 Å². The second-order valence-corrected chi connectivity index (χ2v) is 5.43. The van der Waals surface area contributed by atoms with Crippen LogP contribution < -0.4 is 0 Å². The number of ether oxygens (including phenoxy) is 1. The number of benzene rings is 2. The Kier molecular flexibility index (Phi) is 6.82. The highest BCUT2D eigenvalue weighted by molar-refractivity contribution is 5.97. The molecule has 0 saturated heterocycles. The number of carbonyl (C=O) groups excluding carboxylic acids is 1. The van der Waals surface area contributed by atoms with Crippen LogP contribution in [0, 0.1) is 0 Å². The highest BCUT2D eigenvalue weighted by atomic mass is 16.5. The molecule has 23 heavy (non-hydrogen) atoms. The molecule has 0 unspecified atom stereocenters. The standard InChI is InChI=1S/C20H25NO2/c1-3-21(4-2)15-10-16-23-20(22)19-14-9-8-13-18(19)17-11-6-5-7-12-17/h5-9,11-14H,3-4,10,15-16H2,1-2H3. The Labute approximate surface area is 138 Å². The number of rotatable bonds is 8. The predicted octanol–water partition coefficient (Wildman–Crippen LogP) is 4.24. The summed E-state index contributed by atoms with van der Waals surface area (Å²) in [6.45, 7) is 7.76. The zero-order chi connectivity index (χ0) is 16.5. The van der Waals surface area contributed by atoms with Crippen molar-refractivity contribution in [2.24, 2.45) is 0 Å². The van der Waals surface area contributed by atoms with Gasteiger partial charge in [-0.25, -0.2) is 4.79 Å². The molecule has 0 aliphatic rings. The van der Waals surface area contributed by atoms with Gasteiger partial charge in [0.15, 0.2) is 0 Å². The molecule has 3 nitrogen and oxygen atoms in total. The van der Waals surface area contributed by atoms with Crippen molar-refractivity contribution in [1.82, 2.24) is 4.90 Å². The number of hydrogen-bond acceptors (Lipinski definition) is 3. The summed E-state index contributed by atoms with van der Waals surface area (Å²) in [5.41, 5.74) is 2.58. The van der Waals surface area contributed by atoms with Crippen LogP contribution in [-0.4, -0.2) is 37.1 Å². The van der Waals surface area contributed by atoms with Crippen molar-refractivity contribution < 1.29 is 9.53 Å². The fraction of sp³-hybridized carbons (Fsp3) is 0.350. The second kappa shape index (κ2) is 9.11. The van der Waals surface area contributed by atoms with Crippen LogP contribution in [0.2, 0.25) is 0 Å². The molecule has 122 valence electrons. The van der Waals surface area contributed by atoms with E-state index < -0.39 is 0 Å². The molecule has 0 heterocycles. The van der Waals surface area contributed by atoms with E-state index >= 15 is 0 Å². The van der Waals surface area contributed by atoms with Crippen LogP contribution in [0.15, 0.2) is 54.6 Å². The molecule has 0 amide bonds. The third-order valence-electron chi connectivity index (χ3n) is 3.98. The molecule has 3 heteroatoms. The average Bonchev–Trinajstić information content (AvgIpc) is 2.62. The average molecular weight is 311 g/mol. The maximum Gasteiger partial charge on any atom is 0.338 e. The van der Waals surface area contributed by atoms with Gasteiger partial charge in [-0.05, 0) is 36.7 Å². The Balaban J connectivity index is 1.98. The normalized spacial score (nSPS) is 10.7. The van der Waals surface area contributed by atoms with Crippen LogP contribution in [-0.2, 0) is 4.74 Å². The number of nitrogens with zero attached hydrogens (tertiary/aromatic N) is 1. The van der Waals surface area contributed by atoms with Gasteiger partial charge in [-0.15, -0.1) is 0 Å². The Hall–Kier alpha value is -2.13. The van der Waals surface area contributed by atoms with E-state index in [1.165, 1.54) is 0 Å². The van der Waals surface area contributed by atoms with Gasteiger partial charge in [0, 0.05) is 6.54 Å². The van der Waals surface area contributed by atoms with Gasteiger partial charge < -0.3 is 9.64 Å². The Morgan fingerprint density at radius 3 is 2.30 bits per heavy atom. The van der Waals surface area contributed by atoms with Crippen LogP contribution in [0.5, 0.6) is 0 Å². The van der Waals surface area contributed by atoms with Crippen LogP contribution in [0.25, 0.3) is 11.1 Å². The lowest BCUT2D eigenvalue weighted by Gasteiger charge is -2.17. The molecule has 0 aromatic heterocycles. The lowest BCUT2D eigenvalue weighted by atomic mass is 10.00. The number of hydrogen-bond donors (Lipinski definition) is 0. The molecule has 0 spiro atoms. The third kappa shape index (κ3) is 4.93. The van der Waals surface area contributed by atoms with E-state index in [2.05, 4.69) is 18.7 Å². The van der Waals surface area contributed by atoms with Crippen molar-refractivity contribution >= 4 is 5.97 Å². The largest absolute Gasteiger partial charge is 0.462 e. The first-order chi connectivity index (χ1) is 11.3. The summed E-state index contributed by atoms with van der Waals surface area (Å²) in [4.78, 5) is 14.7. The van der Waals surface area contributed by atoms with Crippen LogP contribution in [0.3, 0.4) is 0 Å². The molecule has 0 aliphatic carbocycles. The molecular formula is C20H25NO2. The Morgan fingerprint density at radius 1 is 0.957 bits per heavy atom. The fourth-order valence-corrected chi connectivity index (χ4v) is 2.60. The molecular weight excluding hydrogens is 286 g/mol. The van der Waals surface area contributed by atoms with E-state index in [-0.39, 0.29) is 5.97 Å². The molecule has 0 radical (unpaired) electrons. The van der Waals surface area contributed by atoms with Crippen LogP contribution in [0.4, 0.5) is 0 Å². The summed E-state index contributed by atoms with van der Waals surface area (Å²) in [6.07, 6.45) is 0.862. The van der Waals surface area contributed by atoms with Crippen LogP contribution in [0.1, 0.15) is 30.6 Å². The number of esters is 1. The maximum absolute atomic E-state index is 12.4. The highest BCUT2D eigenvalue weighted by Gasteiger charge is 2.13. The molecule has 2 aromatic carbocycles. The van der Waals surface area contributed by atoms with Crippen molar-refractivity contribution in [2.75, 3.05) is 26.2 Å². The smallest absolute Gasteiger partial charge is 0.338 e. The lowest BCUT2D eigenvalue weighted by molar-refractivity contribution is 0.0490. The zero-order valence-corrected chi connectivity index (χ0v) is 14.0. The molecule has 0 saturated carbocycles. The maximum atomic E-state index is 12.4. The van der Waals surface area contributed by atoms with E-state index in [4.69, 9.17) is 4.74 Å². The van der Waals surface area contributed by atoms with E-state index in [9.17, 15) is 4.79 Å². The van der Waals surface area contributed by atoms with Gasteiger partial charge in [0.1, 0.15) is 0 Å². The van der Waals surface area contributed by atoms with E-state index in [1.54, 1.807) is 0 Å². The summed E-state index contributed by atoms with van der Waals surface area (Å²) in [6, 6.07) is 17.5. The highest BCUT2D eigenvalue weighted by Crippen LogP contribution is 2.23. The predicted molar refractivity (Wildman–Crippen MR) is 94.6 cm³/mol. The molecule has 0 fully saturated rings. The zero-order valence-electron chi connectivity index (χ0n) is 14.0. The SMILES string of the molecule is CCN(CC)CCCOC(=O)c1ccccc1-c1ccccc1. The van der Waals surface area contributed by atoms with E-state index in [1.807, 2.05) is 54.6 Å². The van der Waals surface area contributed by atoms with Crippen molar-refractivity contribution in [3.63, 3.8) is 0 Å². The second-order valence-electron chi connectivity index (χ2n) is 5.43. The lowest BCUT2D eigenvalue weighted by Crippen LogP contribution is -2.25. The summed E-state index contributed by atoms with van der Waals surface area (Å²) < 4.78 is 5.46. The van der Waals surface area contributed by atoms with Crippen LogP contribution >= 0.6 is 0 Å². The van der Waals surface area contributed by atoms with Gasteiger partial charge in [0.2, 0.25) is 0 Å². The first kappa shape index (κ1) is 17.2. The number of carbonyl (C=O) groups is 1. The summed E-state index contributed by atoms with van der Waals surface area (Å²) in [5.74, 6) is -0.246. The van der Waals surface area contributed by atoms with Gasteiger partial charge in [-0.3, -0.25) is 0 Å². The quantitative estimate of drug-likeness (QED) is 0.539. The molecule has 0 bridgehead atoms. The third-order valence-corrected chi connectivity index (χ3v) is 3.98. The molecule has 2 rings (SSSR count). The van der Waals surface area contributed by atoms with Gasteiger partial charge in [0.05, 0.1) is 12.2 Å². The fourth-order valence-electron chi connectivity index (χ4n) is 2.60. The minimum absolute atomic E-state index is 0.246.